The Hall–Kier alpha value is -1.92. The highest BCUT2D eigenvalue weighted by atomic mass is 35.5. The van der Waals surface area contributed by atoms with Crippen LogP contribution in [0.25, 0.3) is 0 Å². The molecule has 1 fully saturated rings. The number of hydrogen-bond acceptors (Lipinski definition) is 4. The van der Waals surface area contributed by atoms with Gasteiger partial charge in [-0.15, -0.1) is 0 Å². The zero-order valence-corrected chi connectivity index (χ0v) is 19.5. The largest absolute Gasteiger partial charge is 0.295 e. The molecule has 0 spiro atoms. The summed E-state index contributed by atoms with van der Waals surface area (Å²) in [6.45, 7) is 1.40. The number of benzene rings is 2. The molecule has 0 radical (unpaired) electrons. The average Bonchev–Trinajstić information content (AvgIpc) is 2.71. The summed E-state index contributed by atoms with van der Waals surface area (Å²) in [4.78, 5) is 6.48. The third-order valence-electron chi connectivity index (χ3n) is 5.88. The normalized spacial score (nSPS) is 17.1. The Bertz CT molecular complexity index is 1110. The van der Waals surface area contributed by atoms with Crippen molar-refractivity contribution >= 4 is 33.0 Å². The zero-order valence-electron chi connectivity index (χ0n) is 17.2. The lowest BCUT2D eigenvalue weighted by Crippen LogP contribution is -2.52. The van der Waals surface area contributed by atoms with E-state index in [9.17, 15) is 8.42 Å². The third kappa shape index (κ3) is 5.29. The highest BCUT2D eigenvalue weighted by molar-refractivity contribution is 7.90. The van der Waals surface area contributed by atoms with E-state index in [1.165, 1.54) is 11.8 Å². The molecular weight excluding hydrogens is 451 g/mol. The number of sulfone groups is 1. The van der Waals surface area contributed by atoms with Gasteiger partial charge in [0.2, 0.25) is 0 Å². The first-order valence-electron chi connectivity index (χ1n) is 10.1. The highest BCUT2D eigenvalue weighted by Gasteiger charge is 2.42. The van der Waals surface area contributed by atoms with Crippen molar-refractivity contribution in [1.29, 1.82) is 0 Å². The van der Waals surface area contributed by atoms with Crippen molar-refractivity contribution in [3.05, 3.63) is 99.8 Å². The maximum Gasteiger partial charge on any atom is 0.154 e. The summed E-state index contributed by atoms with van der Waals surface area (Å²) in [5.74, 6) is 0.0271. The SMILES string of the molecule is CS(=O)(=O)C(c1cccnc1)C1CN(C(Cc2ccc(Cl)cc2)c2ccc(Cl)cc2)C1. The van der Waals surface area contributed by atoms with Crippen molar-refractivity contribution in [1.82, 2.24) is 9.88 Å². The molecule has 1 aromatic heterocycles. The van der Waals surface area contributed by atoms with Gasteiger partial charge >= 0.3 is 0 Å². The average molecular weight is 475 g/mol. The summed E-state index contributed by atoms with van der Waals surface area (Å²) in [5.41, 5.74) is 3.10. The van der Waals surface area contributed by atoms with Gasteiger partial charge in [-0.05, 0) is 53.4 Å². The standard InChI is InChI=1S/C24H24Cl2N2O2S/c1-31(29,30)24(19-3-2-12-27-14-19)20-15-28(16-20)23(18-6-10-22(26)11-7-18)13-17-4-8-21(25)9-5-17/h2-12,14,20,23-24H,13,15-16H2,1H3. The molecule has 3 aromatic rings. The molecule has 1 aliphatic rings. The fraction of sp³-hybridized carbons (Fsp3) is 0.292. The number of hydrogen-bond donors (Lipinski definition) is 0. The number of pyridine rings is 1. The van der Waals surface area contributed by atoms with E-state index < -0.39 is 15.1 Å². The third-order valence-corrected chi connectivity index (χ3v) is 7.96. The summed E-state index contributed by atoms with van der Waals surface area (Å²) in [7, 11) is -3.26. The van der Waals surface area contributed by atoms with Crippen molar-refractivity contribution in [3.8, 4) is 0 Å². The molecule has 0 aliphatic carbocycles. The molecular formula is C24H24Cl2N2O2S. The van der Waals surface area contributed by atoms with Crippen molar-refractivity contribution in [2.45, 2.75) is 17.7 Å². The Balaban J connectivity index is 1.57. The van der Waals surface area contributed by atoms with E-state index in [-0.39, 0.29) is 12.0 Å². The number of aromatic nitrogens is 1. The second-order valence-corrected chi connectivity index (χ2v) is 11.2. The molecule has 4 rings (SSSR count). The van der Waals surface area contributed by atoms with Gasteiger partial charge in [-0.1, -0.05) is 53.5 Å². The lowest BCUT2D eigenvalue weighted by Gasteiger charge is -2.47. The molecule has 31 heavy (non-hydrogen) atoms. The summed E-state index contributed by atoms with van der Waals surface area (Å²) in [6.07, 6.45) is 5.46. The van der Waals surface area contributed by atoms with Crippen LogP contribution in [0, 0.1) is 5.92 Å². The predicted octanol–water partition coefficient (Wildman–Crippen LogP) is 5.39. The minimum atomic E-state index is -3.26. The topological polar surface area (TPSA) is 50.3 Å². The maximum atomic E-state index is 12.6. The first kappa shape index (κ1) is 22.3. The molecule has 7 heteroatoms. The van der Waals surface area contributed by atoms with Crippen LogP contribution in [0.15, 0.2) is 73.1 Å². The van der Waals surface area contributed by atoms with Gasteiger partial charge < -0.3 is 0 Å². The van der Waals surface area contributed by atoms with Gasteiger partial charge in [-0.2, -0.15) is 0 Å². The monoisotopic (exact) mass is 474 g/mol. The maximum absolute atomic E-state index is 12.6. The van der Waals surface area contributed by atoms with E-state index in [1.807, 2.05) is 54.6 Å². The van der Waals surface area contributed by atoms with Crippen LogP contribution in [-0.2, 0) is 16.3 Å². The second-order valence-electron chi connectivity index (χ2n) is 8.15. The molecule has 1 saturated heterocycles. The van der Waals surface area contributed by atoms with Crippen molar-refractivity contribution in [2.24, 2.45) is 5.92 Å². The van der Waals surface area contributed by atoms with Gasteiger partial charge in [0.1, 0.15) is 0 Å². The Morgan fingerprint density at radius 1 is 0.968 bits per heavy atom. The van der Waals surface area contributed by atoms with Crippen LogP contribution in [0.2, 0.25) is 10.0 Å². The second kappa shape index (κ2) is 9.29. The molecule has 0 N–H and O–H groups in total. The van der Waals surface area contributed by atoms with Crippen LogP contribution in [0.3, 0.4) is 0 Å². The Labute approximate surface area is 193 Å². The first-order valence-corrected chi connectivity index (χ1v) is 12.8. The molecule has 0 saturated carbocycles. The molecule has 0 amide bonds. The summed E-state index contributed by atoms with van der Waals surface area (Å²) in [5, 5.41) is 0.867. The first-order chi connectivity index (χ1) is 14.8. The summed E-state index contributed by atoms with van der Waals surface area (Å²) in [6, 6.07) is 19.5. The molecule has 162 valence electrons. The zero-order chi connectivity index (χ0) is 22.0. The number of halogens is 2. The van der Waals surface area contributed by atoms with Gasteiger partial charge in [0.15, 0.2) is 9.84 Å². The van der Waals surface area contributed by atoms with E-state index in [4.69, 9.17) is 23.2 Å². The Kier molecular flexibility index (Phi) is 6.68. The molecule has 1 aliphatic heterocycles. The number of likely N-dealkylation sites (tertiary alicyclic amines) is 1. The van der Waals surface area contributed by atoms with Gasteiger partial charge in [0, 0.05) is 53.7 Å². The molecule has 0 bridgehead atoms. The van der Waals surface area contributed by atoms with E-state index in [1.54, 1.807) is 18.5 Å². The molecule has 4 nitrogen and oxygen atoms in total. The summed E-state index contributed by atoms with van der Waals surface area (Å²) >= 11 is 12.2. The Morgan fingerprint density at radius 2 is 1.58 bits per heavy atom. The van der Waals surface area contributed by atoms with Crippen LogP contribution in [-0.4, -0.2) is 37.6 Å². The Morgan fingerprint density at radius 3 is 2.13 bits per heavy atom. The van der Waals surface area contributed by atoms with Crippen molar-refractivity contribution in [3.63, 3.8) is 0 Å². The lowest BCUT2D eigenvalue weighted by molar-refractivity contribution is 0.0488. The fourth-order valence-corrected chi connectivity index (χ4v) is 6.15. The number of rotatable bonds is 7. The van der Waals surface area contributed by atoms with Crippen LogP contribution in [0.4, 0.5) is 0 Å². The molecule has 2 atom stereocenters. The van der Waals surface area contributed by atoms with Crippen molar-refractivity contribution in [2.75, 3.05) is 19.3 Å². The quantitative estimate of drug-likeness (QED) is 0.460. The van der Waals surface area contributed by atoms with Crippen LogP contribution >= 0.6 is 23.2 Å². The minimum Gasteiger partial charge on any atom is -0.295 e. The predicted molar refractivity (Wildman–Crippen MR) is 126 cm³/mol. The van der Waals surface area contributed by atoms with Crippen molar-refractivity contribution < 1.29 is 8.42 Å². The van der Waals surface area contributed by atoms with E-state index in [0.717, 1.165) is 17.5 Å². The van der Waals surface area contributed by atoms with Gasteiger partial charge in [0.05, 0.1) is 5.25 Å². The number of nitrogens with zero attached hydrogens (tertiary/aromatic N) is 2. The van der Waals surface area contributed by atoms with Gasteiger partial charge in [-0.3, -0.25) is 9.88 Å². The van der Waals surface area contributed by atoms with Crippen LogP contribution in [0.1, 0.15) is 28.0 Å². The fourth-order valence-electron chi connectivity index (χ4n) is 4.39. The minimum absolute atomic E-state index is 0.0271. The highest BCUT2D eigenvalue weighted by Crippen LogP contribution is 2.40. The van der Waals surface area contributed by atoms with E-state index >= 15 is 0 Å². The molecule has 2 heterocycles. The van der Waals surface area contributed by atoms with E-state index in [0.29, 0.717) is 23.1 Å². The summed E-state index contributed by atoms with van der Waals surface area (Å²) < 4.78 is 25.2. The smallest absolute Gasteiger partial charge is 0.154 e. The van der Waals surface area contributed by atoms with Crippen LogP contribution < -0.4 is 0 Å². The van der Waals surface area contributed by atoms with Gasteiger partial charge in [-0.25, -0.2) is 8.42 Å². The lowest BCUT2D eigenvalue weighted by atomic mass is 9.87. The molecule has 2 aromatic carbocycles. The van der Waals surface area contributed by atoms with Crippen LogP contribution in [0.5, 0.6) is 0 Å². The van der Waals surface area contributed by atoms with Gasteiger partial charge in [0.25, 0.3) is 0 Å². The molecule has 2 unspecified atom stereocenters. The van der Waals surface area contributed by atoms with E-state index in [2.05, 4.69) is 9.88 Å².